The van der Waals surface area contributed by atoms with Crippen molar-refractivity contribution >= 4 is 35.0 Å². The first kappa shape index (κ1) is 25.0. The van der Waals surface area contributed by atoms with Crippen LogP contribution in [0, 0.1) is 12.8 Å². The summed E-state index contributed by atoms with van der Waals surface area (Å²) in [5.41, 5.74) is 1.97. The first-order chi connectivity index (χ1) is 17.0. The third-order valence-corrected chi connectivity index (χ3v) is 6.48. The Kier molecular flexibility index (Phi) is 8.25. The molecule has 0 unspecified atom stereocenters. The molecule has 1 saturated carbocycles. The van der Waals surface area contributed by atoms with Crippen LogP contribution in [0.4, 0.5) is 17.5 Å². The molecule has 10 heteroatoms. The summed E-state index contributed by atoms with van der Waals surface area (Å²) in [5.74, 6) is 3.04. The van der Waals surface area contributed by atoms with Gasteiger partial charge in [-0.05, 0) is 56.1 Å². The molecular weight excluding hydrogens is 464 g/mol. The largest absolute Gasteiger partial charge is 0.487 e. The Morgan fingerprint density at radius 1 is 1.26 bits per heavy atom. The zero-order chi connectivity index (χ0) is 24.8. The summed E-state index contributed by atoms with van der Waals surface area (Å²) in [6.45, 7) is 5.53. The van der Waals surface area contributed by atoms with Crippen molar-refractivity contribution in [2.75, 3.05) is 44.1 Å². The van der Waals surface area contributed by atoms with E-state index in [2.05, 4.69) is 15.5 Å². The summed E-state index contributed by atoms with van der Waals surface area (Å²) in [6, 6.07) is 9.94. The lowest BCUT2D eigenvalue weighted by molar-refractivity contribution is -0.119. The molecular formula is C25H32N6O3S. The Bertz CT molecular complexity index is 1150. The summed E-state index contributed by atoms with van der Waals surface area (Å²) in [7, 11) is 3.62. The Hall–Kier alpha value is -3.11. The topological polar surface area (TPSA) is 105 Å². The average Bonchev–Trinajstić information content (AvgIpc) is 3.62. The highest BCUT2D eigenvalue weighted by Crippen LogP contribution is 2.38. The van der Waals surface area contributed by atoms with Gasteiger partial charge in [0.1, 0.15) is 5.78 Å². The fourth-order valence-electron chi connectivity index (χ4n) is 3.55. The number of nitrogens with zero attached hydrogens (tertiary/aromatic N) is 4. The first-order valence-corrected chi connectivity index (χ1v) is 12.6. The predicted octanol–water partition coefficient (Wildman–Crippen LogP) is 4.41. The molecule has 0 saturated heterocycles. The maximum atomic E-state index is 12.1. The van der Waals surface area contributed by atoms with Gasteiger partial charge in [-0.15, -0.1) is 0 Å². The molecule has 0 spiro atoms. The third kappa shape index (κ3) is 6.73. The normalized spacial score (nSPS) is 13.0. The van der Waals surface area contributed by atoms with Crippen molar-refractivity contribution in [3.63, 3.8) is 0 Å². The minimum absolute atomic E-state index is 0.277. The molecule has 2 N–H and O–H groups in total. The molecule has 1 aliphatic rings. The van der Waals surface area contributed by atoms with Crippen LogP contribution in [-0.4, -0.2) is 59.9 Å². The van der Waals surface area contributed by atoms with Crippen LogP contribution in [-0.2, 0) is 16.0 Å². The Morgan fingerprint density at radius 3 is 2.66 bits per heavy atom. The van der Waals surface area contributed by atoms with Crippen molar-refractivity contribution in [3.8, 4) is 5.75 Å². The fraction of sp³-hybridized carbons (Fsp3) is 0.440. The molecule has 0 atom stereocenters. The van der Waals surface area contributed by atoms with E-state index in [0.717, 1.165) is 29.0 Å². The minimum Gasteiger partial charge on any atom is -0.487 e. The SMILES string of the molecule is CCOc1c(Nc2cc(C)[nH]n2)nc(Sc2ccc(CC(=O)C3CC3)cc2)nc1N(C)CCOC. The number of rotatable bonds is 13. The maximum absolute atomic E-state index is 12.1. The quantitative estimate of drug-likeness (QED) is 0.333. The number of likely N-dealkylation sites (N-methyl/N-ethyl adjacent to an activating group) is 1. The number of ether oxygens (including phenoxy) is 2. The number of benzene rings is 1. The first-order valence-electron chi connectivity index (χ1n) is 11.8. The van der Waals surface area contributed by atoms with Gasteiger partial charge in [0.05, 0.1) is 13.2 Å². The average molecular weight is 497 g/mol. The number of H-pyrrole nitrogens is 1. The summed E-state index contributed by atoms with van der Waals surface area (Å²) >= 11 is 1.46. The van der Waals surface area contributed by atoms with E-state index in [1.165, 1.54) is 11.8 Å². The number of ketones is 1. The van der Waals surface area contributed by atoms with Gasteiger partial charge in [-0.1, -0.05) is 12.1 Å². The summed E-state index contributed by atoms with van der Waals surface area (Å²) in [6.07, 6.45) is 2.58. The van der Waals surface area contributed by atoms with Crippen LogP contribution in [0.25, 0.3) is 0 Å². The summed E-state index contributed by atoms with van der Waals surface area (Å²) in [5, 5.41) is 11.1. The molecule has 0 radical (unpaired) electrons. The number of carbonyl (C=O) groups is 1. The van der Waals surface area contributed by atoms with Gasteiger partial charge in [0.25, 0.3) is 0 Å². The second-order valence-electron chi connectivity index (χ2n) is 8.58. The van der Waals surface area contributed by atoms with Crippen molar-refractivity contribution in [2.24, 2.45) is 5.92 Å². The highest BCUT2D eigenvalue weighted by Gasteiger charge is 2.29. The second-order valence-corrected chi connectivity index (χ2v) is 9.62. The molecule has 9 nitrogen and oxygen atoms in total. The van der Waals surface area contributed by atoms with E-state index in [0.29, 0.717) is 60.3 Å². The van der Waals surface area contributed by atoms with Gasteiger partial charge in [-0.2, -0.15) is 5.10 Å². The van der Waals surface area contributed by atoms with E-state index in [4.69, 9.17) is 19.4 Å². The molecule has 3 aromatic rings. The lowest BCUT2D eigenvalue weighted by Gasteiger charge is -2.23. The van der Waals surface area contributed by atoms with E-state index >= 15 is 0 Å². The molecule has 2 aromatic heterocycles. The zero-order valence-corrected chi connectivity index (χ0v) is 21.4. The molecule has 0 amide bonds. The molecule has 186 valence electrons. The van der Waals surface area contributed by atoms with Crippen molar-refractivity contribution < 1.29 is 14.3 Å². The van der Waals surface area contributed by atoms with Crippen LogP contribution in [0.2, 0.25) is 0 Å². The van der Waals surface area contributed by atoms with E-state index in [1.54, 1.807) is 7.11 Å². The molecule has 4 rings (SSSR count). The number of anilines is 3. The lowest BCUT2D eigenvalue weighted by atomic mass is 10.1. The van der Waals surface area contributed by atoms with Crippen LogP contribution in [0.5, 0.6) is 5.75 Å². The highest BCUT2D eigenvalue weighted by molar-refractivity contribution is 7.99. The number of carbonyl (C=O) groups excluding carboxylic acids is 1. The third-order valence-electron chi connectivity index (χ3n) is 5.60. The van der Waals surface area contributed by atoms with Gasteiger partial charge in [0.2, 0.25) is 5.75 Å². The molecule has 1 aromatic carbocycles. The van der Waals surface area contributed by atoms with Crippen LogP contribution in [0.1, 0.15) is 31.0 Å². The highest BCUT2D eigenvalue weighted by atomic mass is 32.2. The van der Waals surface area contributed by atoms with Crippen LogP contribution < -0.4 is 15.0 Å². The fourth-order valence-corrected chi connectivity index (χ4v) is 4.31. The van der Waals surface area contributed by atoms with E-state index < -0.39 is 0 Å². The van der Waals surface area contributed by atoms with Crippen molar-refractivity contribution in [3.05, 3.63) is 41.6 Å². The number of hydrogen-bond acceptors (Lipinski definition) is 9. The van der Waals surface area contributed by atoms with Gasteiger partial charge >= 0.3 is 0 Å². The van der Waals surface area contributed by atoms with Gasteiger partial charge in [-0.25, -0.2) is 9.97 Å². The molecule has 1 aliphatic carbocycles. The van der Waals surface area contributed by atoms with Gasteiger partial charge < -0.3 is 19.7 Å². The van der Waals surface area contributed by atoms with E-state index in [9.17, 15) is 4.79 Å². The molecule has 0 aliphatic heterocycles. The summed E-state index contributed by atoms with van der Waals surface area (Å²) in [4.78, 5) is 24.7. The molecule has 35 heavy (non-hydrogen) atoms. The zero-order valence-electron chi connectivity index (χ0n) is 20.6. The molecule has 2 heterocycles. The lowest BCUT2D eigenvalue weighted by Crippen LogP contribution is -2.24. The van der Waals surface area contributed by atoms with E-state index in [-0.39, 0.29) is 5.92 Å². The monoisotopic (exact) mass is 496 g/mol. The number of nitrogens with one attached hydrogen (secondary N) is 2. The molecule has 1 fully saturated rings. The number of hydrogen-bond donors (Lipinski definition) is 2. The maximum Gasteiger partial charge on any atom is 0.205 e. The van der Waals surface area contributed by atoms with E-state index in [1.807, 2.05) is 56.1 Å². The number of methoxy groups -OCH3 is 1. The van der Waals surface area contributed by atoms with Gasteiger partial charge in [0, 0.05) is 49.7 Å². The standard InChI is InChI=1S/C25H32N6O3S/c1-5-34-22-23(26-21-14-16(2)29-30-21)27-25(28-24(22)31(3)12-13-33-4)35-19-10-6-17(7-11-19)15-20(32)18-8-9-18/h6-7,10-11,14,18H,5,8-9,12-13,15H2,1-4H3,(H2,26,27,28,29,30). The summed E-state index contributed by atoms with van der Waals surface area (Å²) < 4.78 is 11.2. The predicted molar refractivity (Wildman–Crippen MR) is 137 cm³/mol. The Morgan fingerprint density at radius 2 is 2.03 bits per heavy atom. The smallest absolute Gasteiger partial charge is 0.205 e. The van der Waals surface area contributed by atoms with Crippen molar-refractivity contribution in [2.45, 2.75) is 43.2 Å². The number of Topliss-reactive ketones (excluding diaryl/α,β-unsaturated/α-hetero) is 1. The van der Waals surface area contributed by atoms with Crippen LogP contribution in [0.15, 0.2) is 40.4 Å². The second kappa shape index (κ2) is 11.5. The van der Waals surface area contributed by atoms with Gasteiger partial charge in [0.15, 0.2) is 22.6 Å². The van der Waals surface area contributed by atoms with Crippen LogP contribution in [0.3, 0.4) is 0 Å². The Balaban J connectivity index is 1.61. The molecule has 0 bridgehead atoms. The number of aromatic amines is 1. The van der Waals surface area contributed by atoms with Crippen molar-refractivity contribution in [1.82, 2.24) is 20.2 Å². The Labute approximate surface area is 210 Å². The van der Waals surface area contributed by atoms with Crippen molar-refractivity contribution in [1.29, 1.82) is 0 Å². The van der Waals surface area contributed by atoms with Gasteiger partial charge in [-0.3, -0.25) is 9.89 Å². The number of aryl methyl sites for hydroxylation is 1. The van der Waals surface area contributed by atoms with Crippen LogP contribution >= 0.6 is 11.8 Å². The number of aromatic nitrogens is 4. The minimum atomic E-state index is 0.277.